The average Bonchev–Trinajstić information content (AvgIpc) is 2.91. The van der Waals surface area contributed by atoms with E-state index in [0.29, 0.717) is 31.7 Å². The van der Waals surface area contributed by atoms with Gasteiger partial charge in [0.15, 0.2) is 0 Å². The lowest BCUT2D eigenvalue weighted by molar-refractivity contribution is -0.125. The third-order valence-electron chi connectivity index (χ3n) is 5.18. The molecule has 1 saturated heterocycles. The summed E-state index contributed by atoms with van der Waals surface area (Å²) in [6, 6.07) is 15.3. The Balaban J connectivity index is 1.84. The van der Waals surface area contributed by atoms with Gasteiger partial charge in [-0.2, -0.15) is 0 Å². The van der Waals surface area contributed by atoms with E-state index in [2.05, 4.69) is 11.9 Å². The molecule has 132 valence electrons. The minimum atomic E-state index is -0.599. The second kappa shape index (κ2) is 6.42. The maximum Gasteiger partial charge on any atom is 0.247 e. The van der Waals surface area contributed by atoms with Gasteiger partial charge in [0.2, 0.25) is 11.8 Å². The van der Waals surface area contributed by atoms with Crippen LogP contribution in [0.1, 0.15) is 18.4 Å². The normalized spacial score (nSPS) is 17.8. The van der Waals surface area contributed by atoms with Crippen molar-refractivity contribution in [2.45, 2.75) is 18.3 Å². The minimum Gasteiger partial charge on any atom is -0.381 e. The number of ether oxygens (including phenoxy) is 1. The van der Waals surface area contributed by atoms with E-state index in [-0.39, 0.29) is 11.8 Å². The zero-order chi connectivity index (χ0) is 18.1. The second-order valence-corrected chi connectivity index (χ2v) is 6.60. The van der Waals surface area contributed by atoms with Gasteiger partial charge in [0.1, 0.15) is 0 Å². The summed E-state index contributed by atoms with van der Waals surface area (Å²) in [5.74, 6) is -0.190. The fourth-order valence-corrected chi connectivity index (χ4v) is 3.86. The molecule has 5 nitrogen and oxygen atoms in total. The summed E-state index contributed by atoms with van der Waals surface area (Å²) in [7, 11) is 0. The Bertz CT molecular complexity index is 870. The minimum absolute atomic E-state index is 0.0780. The van der Waals surface area contributed by atoms with Crippen molar-refractivity contribution in [1.82, 2.24) is 0 Å². The largest absolute Gasteiger partial charge is 0.381 e. The van der Waals surface area contributed by atoms with Crippen molar-refractivity contribution in [2.24, 2.45) is 0 Å². The molecule has 2 aliphatic heterocycles. The summed E-state index contributed by atoms with van der Waals surface area (Å²) in [6.07, 6.45) is 2.51. The monoisotopic (exact) mass is 348 g/mol. The summed E-state index contributed by atoms with van der Waals surface area (Å²) in [5.41, 5.74) is 2.75. The summed E-state index contributed by atoms with van der Waals surface area (Å²) >= 11 is 0. The molecule has 0 radical (unpaired) electrons. The predicted octanol–water partition coefficient (Wildman–Crippen LogP) is 3.54. The van der Waals surface area contributed by atoms with E-state index in [1.165, 1.54) is 6.08 Å². The highest BCUT2D eigenvalue weighted by Gasteiger charge is 2.52. The number of rotatable bonds is 3. The molecule has 2 amide bonds. The van der Waals surface area contributed by atoms with Crippen molar-refractivity contribution in [3.8, 4) is 0 Å². The predicted molar refractivity (Wildman–Crippen MR) is 101 cm³/mol. The van der Waals surface area contributed by atoms with E-state index in [1.54, 1.807) is 4.90 Å². The Morgan fingerprint density at radius 1 is 1.15 bits per heavy atom. The van der Waals surface area contributed by atoms with Crippen molar-refractivity contribution in [3.05, 3.63) is 66.7 Å². The maximum absolute atomic E-state index is 13.5. The lowest BCUT2D eigenvalue weighted by Crippen LogP contribution is -2.42. The van der Waals surface area contributed by atoms with Gasteiger partial charge in [0, 0.05) is 24.6 Å². The van der Waals surface area contributed by atoms with Gasteiger partial charge in [-0.15, -0.1) is 0 Å². The fourth-order valence-electron chi connectivity index (χ4n) is 3.86. The smallest absolute Gasteiger partial charge is 0.247 e. The number of nitrogens with zero attached hydrogens (tertiary/aromatic N) is 1. The summed E-state index contributed by atoms with van der Waals surface area (Å²) in [5, 5.41) is 2.79. The molecule has 1 fully saturated rings. The maximum atomic E-state index is 13.5. The topological polar surface area (TPSA) is 58.6 Å². The Morgan fingerprint density at radius 3 is 2.58 bits per heavy atom. The van der Waals surface area contributed by atoms with Gasteiger partial charge < -0.3 is 10.1 Å². The van der Waals surface area contributed by atoms with Crippen LogP contribution in [0.5, 0.6) is 0 Å². The first-order valence-electron chi connectivity index (χ1n) is 8.71. The lowest BCUT2D eigenvalue weighted by Gasteiger charge is -2.32. The highest BCUT2D eigenvalue weighted by Crippen LogP contribution is 2.51. The van der Waals surface area contributed by atoms with Crippen molar-refractivity contribution >= 4 is 28.9 Å². The molecule has 4 rings (SSSR count). The molecule has 0 bridgehead atoms. The number of para-hydroxylation sites is 1. The zero-order valence-corrected chi connectivity index (χ0v) is 14.4. The second-order valence-electron chi connectivity index (χ2n) is 6.60. The van der Waals surface area contributed by atoms with Gasteiger partial charge in [0.25, 0.3) is 0 Å². The van der Waals surface area contributed by atoms with E-state index < -0.39 is 5.41 Å². The molecule has 2 aliphatic rings. The number of carbonyl (C=O) groups excluding carboxylic acids is 2. The van der Waals surface area contributed by atoms with Crippen LogP contribution in [0.25, 0.3) is 0 Å². The highest BCUT2D eigenvalue weighted by molar-refractivity contribution is 6.13. The number of benzene rings is 2. The Labute approximate surface area is 152 Å². The lowest BCUT2D eigenvalue weighted by atomic mass is 9.75. The molecule has 26 heavy (non-hydrogen) atoms. The molecular formula is C21H20N2O3. The number of fused-ring (bicyclic) bond motifs is 2. The van der Waals surface area contributed by atoms with Crippen LogP contribution in [0.3, 0.4) is 0 Å². The van der Waals surface area contributed by atoms with Crippen LogP contribution in [0, 0.1) is 0 Å². The van der Waals surface area contributed by atoms with Crippen LogP contribution < -0.4 is 10.2 Å². The molecule has 1 N–H and O–H groups in total. The highest BCUT2D eigenvalue weighted by atomic mass is 16.5. The van der Waals surface area contributed by atoms with E-state index in [0.717, 1.165) is 16.9 Å². The number of nitrogens with one attached hydrogen (secondary N) is 1. The SMILES string of the molecule is C=CC(=O)Nc1ccc2c(c1)C1(CCOCC1)C(=O)N2c1ccccc1. The van der Waals surface area contributed by atoms with Crippen LogP contribution in [0.15, 0.2) is 61.2 Å². The number of amides is 2. The third-order valence-corrected chi connectivity index (χ3v) is 5.18. The van der Waals surface area contributed by atoms with Gasteiger partial charge >= 0.3 is 0 Å². The molecule has 5 heteroatoms. The van der Waals surface area contributed by atoms with Gasteiger partial charge in [-0.1, -0.05) is 24.8 Å². The Morgan fingerprint density at radius 2 is 1.88 bits per heavy atom. The molecule has 2 aromatic rings. The molecule has 1 spiro atoms. The molecular weight excluding hydrogens is 328 g/mol. The number of carbonyl (C=O) groups is 2. The van der Waals surface area contributed by atoms with E-state index >= 15 is 0 Å². The van der Waals surface area contributed by atoms with Gasteiger partial charge in [-0.25, -0.2) is 0 Å². The quantitative estimate of drug-likeness (QED) is 0.863. The molecule has 2 heterocycles. The van der Waals surface area contributed by atoms with Crippen molar-refractivity contribution in [3.63, 3.8) is 0 Å². The van der Waals surface area contributed by atoms with Gasteiger partial charge in [0.05, 0.1) is 11.1 Å². The molecule has 0 atom stereocenters. The standard InChI is InChI=1S/C21H20N2O3/c1-2-19(24)22-15-8-9-18-17(14-15)21(10-12-26-13-11-21)20(25)23(18)16-6-4-3-5-7-16/h2-9,14H,1,10-13H2,(H,22,24). The van der Waals surface area contributed by atoms with Crippen molar-refractivity contribution < 1.29 is 14.3 Å². The van der Waals surface area contributed by atoms with Crippen LogP contribution in [0.2, 0.25) is 0 Å². The van der Waals surface area contributed by atoms with Crippen molar-refractivity contribution in [2.75, 3.05) is 23.4 Å². The Kier molecular flexibility index (Phi) is 4.09. The van der Waals surface area contributed by atoms with Gasteiger partial charge in [-0.05, 0) is 54.8 Å². The number of anilines is 3. The third kappa shape index (κ3) is 2.52. The van der Waals surface area contributed by atoms with Crippen LogP contribution >= 0.6 is 0 Å². The summed E-state index contributed by atoms with van der Waals surface area (Å²) in [6.45, 7) is 4.59. The molecule has 2 aromatic carbocycles. The average molecular weight is 348 g/mol. The Hall–Kier alpha value is -2.92. The zero-order valence-electron chi connectivity index (χ0n) is 14.4. The van der Waals surface area contributed by atoms with E-state index in [4.69, 9.17) is 4.74 Å². The fraction of sp³-hybridized carbons (Fsp3) is 0.238. The molecule has 0 aliphatic carbocycles. The van der Waals surface area contributed by atoms with Crippen LogP contribution in [-0.4, -0.2) is 25.0 Å². The van der Waals surface area contributed by atoms with E-state index in [9.17, 15) is 9.59 Å². The first-order chi connectivity index (χ1) is 12.7. The van der Waals surface area contributed by atoms with Crippen LogP contribution in [-0.2, 0) is 19.7 Å². The van der Waals surface area contributed by atoms with Crippen molar-refractivity contribution in [1.29, 1.82) is 0 Å². The van der Waals surface area contributed by atoms with E-state index in [1.807, 2.05) is 48.5 Å². The first kappa shape index (κ1) is 16.5. The molecule has 0 unspecified atom stereocenters. The van der Waals surface area contributed by atoms with Gasteiger partial charge in [-0.3, -0.25) is 14.5 Å². The first-order valence-corrected chi connectivity index (χ1v) is 8.71. The number of hydrogen-bond donors (Lipinski definition) is 1. The summed E-state index contributed by atoms with van der Waals surface area (Å²) < 4.78 is 5.52. The number of hydrogen-bond acceptors (Lipinski definition) is 3. The summed E-state index contributed by atoms with van der Waals surface area (Å²) in [4.78, 5) is 27.0. The van der Waals surface area contributed by atoms with Crippen LogP contribution in [0.4, 0.5) is 17.1 Å². The molecule has 0 saturated carbocycles. The molecule has 0 aromatic heterocycles.